The maximum Gasteiger partial charge on any atom is 0.207 e. The third kappa shape index (κ3) is 1.74. The first-order valence-corrected chi connectivity index (χ1v) is 6.08. The van der Waals surface area contributed by atoms with Gasteiger partial charge in [-0.1, -0.05) is 29.3 Å². The number of fused-ring (bicyclic) bond motifs is 1. The van der Waals surface area contributed by atoms with Gasteiger partial charge in [0.1, 0.15) is 11.7 Å². The molecule has 0 bridgehead atoms. The summed E-state index contributed by atoms with van der Waals surface area (Å²) in [7, 11) is 0. The highest BCUT2D eigenvalue weighted by atomic mass is 79.9. The van der Waals surface area contributed by atoms with Crippen LogP contribution < -0.4 is 0 Å². The molecule has 1 heterocycles. The third-order valence-electron chi connectivity index (χ3n) is 2.64. The van der Waals surface area contributed by atoms with Crippen LogP contribution >= 0.6 is 15.9 Å². The first-order chi connectivity index (χ1) is 7.67. The van der Waals surface area contributed by atoms with Crippen molar-refractivity contribution >= 4 is 26.9 Å². The minimum Gasteiger partial charge on any atom is -0.445 e. The third-order valence-corrected chi connectivity index (χ3v) is 3.10. The van der Waals surface area contributed by atoms with E-state index in [-0.39, 0.29) is 0 Å². The number of furan rings is 1. The van der Waals surface area contributed by atoms with E-state index in [9.17, 15) is 0 Å². The lowest BCUT2D eigenvalue weighted by atomic mass is 10.0. The van der Waals surface area contributed by atoms with E-state index < -0.39 is 0 Å². The second-order valence-electron chi connectivity index (χ2n) is 3.87. The summed E-state index contributed by atoms with van der Waals surface area (Å²) in [5.74, 6) is 0.457. The van der Waals surface area contributed by atoms with Crippen LogP contribution in [0.25, 0.3) is 11.0 Å². The number of halogens is 1. The number of hydrogen-bond acceptors (Lipinski definition) is 2. The number of nitrogens with zero attached hydrogens (tertiary/aromatic N) is 1. The first-order valence-electron chi connectivity index (χ1n) is 5.29. The summed E-state index contributed by atoms with van der Waals surface area (Å²) < 4.78 is 6.63. The van der Waals surface area contributed by atoms with Crippen LogP contribution in [-0.2, 0) is 6.42 Å². The van der Waals surface area contributed by atoms with Crippen molar-refractivity contribution < 1.29 is 4.42 Å². The minimum absolute atomic E-state index is 0.457. The molecule has 0 saturated carbocycles. The van der Waals surface area contributed by atoms with Crippen molar-refractivity contribution in [3.05, 3.63) is 33.5 Å². The fourth-order valence-corrected chi connectivity index (χ4v) is 2.54. The molecule has 3 heteroatoms. The Bertz CT molecular complexity index is 578. The van der Waals surface area contributed by atoms with Gasteiger partial charge in [-0.25, -0.2) is 0 Å². The molecule has 0 aliphatic heterocycles. The van der Waals surface area contributed by atoms with E-state index in [4.69, 9.17) is 9.68 Å². The largest absolute Gasteiger partial charge is 0.445 e. The van der Waals surface area contributed by atoms with Gasteiger partial charge in [0.25, 0.3) is 0 Å². The van der Waals surface area contributed by atoms with Gasteiger partial charge in [-0.2, -0.15) is 5.26 Å². The van der Waals surface area contributed by atoms with Crippen molar-refractivity contribution in [3.63, 3.8) is 0 Å². The van der Waals surface area contributed by atoms with E-state index in [1.807, 2.05) is 19.1 Å². The molecule has 2 nitrogen and oxygen atoms in total. The van der Waals surface area contributed by atoms with Crippen molar-refractivity contribution in [1.82, 2.24) is 0 Å². The predicted molar refractivity (Wildman–Crippen MR) is 67.4 cm³/mol. The topological polar surface area (TPSA) is 36.9 Å². The Hall–Kier alpha value is -1.27. The lowest BCUT2D eigenvalue weighted by molar-refractivity contribution is 0.590. The number of nitriles is 1. The molecule has 0 aliphatic rings. The predicted octanol–water partition coefficient (Wildman–Crippen LogP) is 4.33. The number of rotatable bonds is 2. The van der Waals surface area contributed by atoms with Gasteiger partial charge in [0.15, 0.2) is 0 Å². The summed E-state index contributed by atoms with van der Waals surface area (Å²) >= 11 is 3.48. The van der Waals surface area contributed by atoms with E-state index in [1.165, 1.54) is 0 Å². The van der Waals surface area contributed by atoms with Crippen LogP contribution in [-0.4, -0.2) is 0 Å². The molecule has 0 fully saturated rings. The molecule has 0 N–H and O–H groups in total. The van der Waals surface area contributed by atoms with Crippen LogP contribution in [0.5, 0.6) is 0 Å². The number of hydrogen-bond donors (Lipinski definition) is 0. The summed E-state index contributed by atoms with van der Waals surface area (Å²) in [5.41, 5.74) is 2.93. The summed E-state index contributed by atoms with van der Waals surface area (Å²) in [6, 6.07) is 6.16. The Morgan fingerprint density at radius 1 is 1.44 bits per heavy atom. The molecule has 1 aromatic carbocycles. The van der Waals surface area contributed by atoms with Gasteiger partial charge < -0.3 is 4.42 Å². The van der Waals surface area contributed by atoms with Gasteiger partial charge in [0.05, 0.1) is 0 Å². The Morgan fingerprint density at radius 3 is 2.81 bits per heavy atom. The summed E-state index contributed by atoms with van der Waals surface area (Å²) in [4.78, 5) is 0. The zero-order chi connectivity index (χ0) is 11.7. The second kappa shape index (κ2) is 4.31. The Balaban J connectivity index is 2.80. The van der Waals surface area contributed by atoms with Gasteiger partial charge in [0.2, 0.25) is 5.76 Å². The fourth-order valence-electron chi connectivity index (χ4n) is 1.96. The molecule has 0 aliphatic carbocycles. The van der Waals surface area contributed by atoms with Crippen molar-refractivity contribution in [2.45, 2.75) is 26.7 Å². The second-order valence-corrected chi connectivity index (χ2v) is 4.79. The molecule has 82 valence electrons. The average Bonchev–Trinajstić information content (AvgIpc) is 2.58. The molecule has 0 radical (unpaired) electrons. The van der Waals surface area contributed by atoms with E-state index in [0.717, 1.165) is 39.4 Å². The highest BCUT2D eigenvalue weighted by Gasteiger charge is 2.15. The van der Waals surface area contributed by atoms with Crippen LogP contribution in [0.1, 0.15) is 30.2 Å². The molecule has 2 rings (SSSR count). The normalized spacial score (nSPS) is 10.6. The quantitative estimate of drug-likeness (QED) is 0.819. The maximum absolute atomic E-state index is 9.05. The SMILES string of the molecule is CCCc1c(C#N)oc2c(C)cc(Br)cc12. The molecule has 2 aromatic rings. The van der Waals surface area contributed by atoms with Crippen molar-refractivity contribution in [3.8, 4) is 6.07 Å². The lowest BCUT2D eigenvalue weighted by Gasteiger charge is -1.98. The number of benzene rings is 1. The zero-order valence-electron chi connectivity index (χ0n) is 9.30. The summed E-state index contributed by atoms with van der Waals surface area (Å²) in [6.07, 6.45) is 1.89. The van der Waals surface area contributed by atoms with Gasteiger partial charge in [0, 0.05) is 15.4 Å². The van der Waals surface area contributed by atoms with Crippen LogP contribution in [0, 0.1) is 18.3 Å². The number of aryl methyl sites for hydroxylation is 2. The van der Waals surface area contributed by atoms with Crippen LogP contribution in [0.2, 0.25) is 0 Å². The molecule has 1 aromatic heterocycles. The molecular weight excluding hydrogens is 266 g/mol. The molecule has 0 spiro atoms. The fraction of sp³-hybridized carbons (Fsp3) is 0.308. The Labute approximate surface area is 103 Å². The lowest BCUT2D eigenvalue weighted by Crippen LogP contribution is -1.84. The van der Waals surface area contributed by atoms with Gasteiger partial charge in [-0.15, -0.1) is 0 Å². The summed E-state index contributed by atoms with van der Waals surface area (Å²) in [5, 5.41) is 10.1. The van der Waals surface area contributed by atoms with Gasteiger partial charge in [-0.3, -0.25) is 0 Å². The molecular formula is C13H12BrNO. The Morgan fingerprint density at radius 2 is 2.19 bits per heavy atom. The highest BCUT2D eigenvalue weighted by molar-refractivity contribution is 9.10. The van der Waals surface area contributed by atoms with Gasteiger partial charge >= 0.3 is 0 Å². The van der Waals surface area contributed by atoms with Crippen molar-refractivity contribution in [2.75, 3.05) is 0 Å². The monoisotopic (exact) mass is 277 g/mol. The Kier molecular flexibility index (Phi) is 3.02. The summed E-state index contributed by atoms with van der Waals surface area (Å²) in [6.45, 7) is 4.10. The first kappa shape index (κ1) is 11.2. The molecule has 16 heavy (non-hydrogen) atoms. The standard InChI is InChI=1S/C13H12BrNO/c1-3-4-10-11-6-9(14)5-8(2)13(11)16-12(10)7-15/h5-6H,3-4H2,1-2H3. The van der Waals surface area contributed by atoms with Crippen LogP contribution in [0.3, 0.4) is 0 Å². The van der Waals surface area contributed by atoms with E-state index in [2.05, 4.69) is 28.9 Å². The highest BCUT2D eigenvalue weighted by Crippen LogP contribution is 2.31. The van der Waals surface area contributed by atoms with E-state index in [1.54, 1.807) is 0 Å². The maximum atomic E-state index is 9.05. The molecule has 0 atom stereocenters. The minimum atomic E-state index is 0.457. The van der Waals surface area contributed by atoms with Crippen molar-refractivity contribution in [1.29, 1.82) is 5.26 Å². The van der Waals surface area contributed by atoms with Crippen LogP contribution in [0.15, 0.2) is 21.0 Å². The zero-order valence-corrected chi connectivity index (χ0v) is 10.9. The van der Waals surface area contributed by atoms with Gasteiger partial charge in [-0.05, 0) is 31.0 Å². The molecule has 0 amide bonds. The smallest absolute Gasteiger partial charge is 0.207 e. The van der Waals surface area contributed by atoms with Crippen molar-refractivity contribution in [2.24, 2.45) is 0 Å². The van der Waals surface area contributed by atoms with E-state index >= 15 is 0 Å². The molecule has 0 unspecified atom stereocenters. The average molecular weight is 278 g/mol. The van der Waals surface area contributed by atoms with Crippen LogP contribution in [0.4, 0.5) is 0 Å². The molecule has 0 saturated heterocycles. The van der Waals surface area contributed by atoms with E-state index in [0.29, 0.717) is 5.76 Å².